The fourth-order valence-electron chi connectivity index (χ4n) is 3.47. The minimum Gasteiger partial charge on any atom is -0.321 e. The summed E-state index contributed by atoms with van der Waals surface area (Å²) in [5.41, 5.74) is -3.85. The number of nitrogens with zero attached hydrogens (tertiary/aromatic N) is 2. The van der Waals surface area contributed by atoms with Crippen LogP contribution >= 0.6 is 0 Å². The summed E-state index contributed by atoms with van der Waals surface area (Å²) in [4.78, 5) is 32.8. The van der Waals surface area contributed by atoms with Crippen LogP contribution in [0.4, 0.5) is 42.1 Å². The minimum atomic E-state index is -5.10. The van der Waals surface area contributed by atoms with E-state index in [9.17, 15) is 40.3 Å². The number of hydrogen-bond donors (Lipinski definition) is 2. The highest BCUT2D eigenvalue weighted by Crippen LogP contribution is 2.37. The molecular formula is C26H15F7N4O2. The van der Waals surface area contributed by atoms with Crippen molar-refractivity contribution < 1.29 is 40.3 Å². The summed E-state index contributed by atoms with van der Waals surface area (Å²) in [5.74, 6) is -2.65. The molecule has 0 fully saturated rings. The number of hydrogen-bond acceptors (Lipinski definition) is 4. The van der Waals surface area contributed by atoms with Gasteiger partial charge < -0.3 is 10.6 Å². The van der Waals surface area contributed by atoms with Crippen molar-refractivity contribution in [2.75, 3.05) is 10.6 Å². The lowest BCUT2D eigenvalue weighted by molar-refractivity contribution is -0.143. The molecule has 0 atom stereocenters. The number of benzene rings is 2. The predicted molar refractivity (Wildman–Crippen MR) is 126 cm³/mol. The fourth-order valence-corrected chi connectivity index (χ4v) is 3.47. The van der Waals surface area contributed by atoms with Gasteiger partial charge in [0.15, 0.2) is 0 Å². The molecule has 39 heavy (non-hydrogen) atoms. The van der Waals surface area contributed by atoms with Crippen LogP contribution in [0.2, 0.25) is 0 Å². The summed E-state index contributed by atoms with van der Waals surface area (Å²) < 4.78 is 92.6. The molecule has 2 aromatic carbocycles. The summed E-state index contributed by atoms with van der Waals surface area (Å²) in [6.07, 6.45) is -8.92. The third-order valence-electron chi connectivity index (χ3n) is 5.25. The average molecular weight is 548 g/mol. The molecule has 0 unspecified atom stereocenters. The van der Waals surface area contributed by atoms with Gasteiger partial charge >= 0.3 is 12.4 Å². The molecule has 2 heterocycles. The van der Waals surface area contributed by atoms with E-state index in [1.165, 1.54) is 42.6 Å². The lowest BCUT2D eigenvalue weighted by atomic mass is 10.1. The van der Waals surface area contributed by atoms with Crippen LogP contribution in [0.5, 0.6) is 0 Å². The van der Waals surface area contributed by atoms with Crippen LogP contribution in [-0.2, 0) is 12.4 Å². The van der Waals surface area contributed by atoms with Crippen molar-refractivity contribution in [1.29, 1.82) is 0 Å². The van der Waals surface area contributed by atoms with Gasteiger partial charge in [0.25, 0.3) is 11.8 Å². The van der Waals surface area contributed by atoms with E-state index < -0.39 is 52.6 Å². The summed E-state index contributed by atoms with van der Waals surface area (Å²) in [6, 6.07) is 13.4. The second-order valence-electron chi connectivity index (χ2n) is 8.03. The van der Waals surface area contributed by atoms with E-state index >= 15 is 0 Å². The lowest BCUT2D eigenvalue weighted by Gasteiger charge is -2.14. The van der Waals surface area contributed by atoms with Crippen LogP contribution in [0.25, 0.3) is 11.1 Å². The molecule has 4 rings (SSSR count). The van der Waals surface area contributed by atoms with Gasteiger partial charge in [-0.25, -0.2) is 9.97 Å². The third-order valence-corrected chi connectivity index (χ3v) is 5.25. The highest BCUT2D eigenvalue weighted by atomic mass is 19.4. The molecule has 2 aromatic heterocycles. The molecule has 13 heteroatoms. The number of anilines is 2. The normalized spacial score (nSPS) is 11.7. The van der Waals surface area contributed by atoms with Crippen LogP contribution in [0.3, 0.4) is 0 Å². The number of aromatic nitrogens is 2. The van der Waals surface area contributed by atoms with Gasteiger partial charge in [-0.2, -0.15) is 30.7 Å². The molecule has 6 nitrogen and oxygen atoms in total. The van der Waals surface area contributed by atoms with Gasteiger partial charge in [0, 0.05) is 23.1 Å². The maximum atomic E-state index is 14.0. The molecule has 2 amide bonds. The van der Waals surface area contributed by atoms with E-state index in [2.05, 4.69) is 15.3 Å². The summed E-state index contributed by atoms with van der Waals surface area (Å²) in [7, 11) is 0. The molecule has 0 aliphatic heterocycles. The van der Waals surface area contributed by atoms with E-state index in [1.54, 1.807) is 12.1 Å². The number of rotatable bonds is 5. The van der Waals surface area contributed by atoms with Gasteiger partial charge in [-0.3, -0.25) is 9.59 Å². The first-order valence-electron chi connectivity index (χ1n) is 10.9. The number of carbonyl (C=O) groups is 2. The predicted octanol–water partition coefficient (Wildman–Crippen LogP) is 6.82. The molecule has 0 radical (unpaired) electrons. The summed E-state index contributed by atoms with van der Waals surface area (Å²) in [6.45, 7) is 0. The topological polar surface area (TPSA) is 84.0 Å². The Kier molecular flexibility index (Phi) is 7.34. The van der Waals surface area contributed by atoms with Gasteiger partial charge in [-0.15, -0.1) is 0 Å². The largest absolute Gasteiger partial charge is 0.416 e. The van der Waals surface area contributed by atoms with Gasteiger partial charge in [-0.05, 0) is 60.2 Å². The Hall–Kier alpha value is -4.81. The number of pyridine rings is 2. The van der Waals surface area contributed by atoms with Crippen LogP contribution in [0.15, 0.2) is 79.0 Å². The Morgan fingerprint density at radius 2 is 1.23 bits per heavy atom. The Balaban J connectivity index is 1.54. The smallest absolute Gasteiger partial charge is 0.321 e. The highest BCUT2D eigenvalue weighted by molar-refractivity contribution is 6.06. The molecule has 0 bridgehead atoms. The van der Waals surface area contributed by atoms with Gasteiger partial charge in [0.1, 0.15) is 11.4 Å². The second kappa shape index (κ2) is 10.5. The van der Waals surface area contributed by atoms with Crippen LogP contribution in [-0.4, -0.2) is 21.8 Å². The first-order valence-corrected chi connectivity index (χ1v) is 10.9. The SMILES string of the molecule is O=C(Nc1cccc(-c2cccnc2F)c1)c1cccc(C(=O)Nc2cc(C(F)(F)F)cc(C(F)(F)F)c2)n1. The summed E-state index contributed by atoms with van der Waals surface area (Å²) >= 11 is 0. The maximum Gasteiger partial charge on any atom is 0.416 e. The first kappa shape index (κ1) is 27.2. The molecule has 200 valence electrons. The van der Waals surface area contributed by atoms with Crippen LogP contribution < -0.4 is 10.6 Å². The van der Waals surface area contributed by atoms with E-state index in [0.29, 0.717) is 17.7 Å². The quantitative estimate of drug-likeness (QED) is 0.212. The van der Waals surface area contributed by atoms with Crippen LogP contribution in [0, 0.1) is 5.95 Å². The lowest BCUT2D eigenvalue weighted by Crippen LogP contribution is -2.19. The van der Waals surface area contributed by atoms with E-state index in [1.807, 2.05) is 5.32 Å². The van der Waals surface area contributed by atoms with E-state index in [0.717, 1.165) is 6.07 Å². The first-order chi connectivity index (χ1) is 18.3. The van der Waals surface area contributed by atoms with Gasteiger partial charge in [0.05, 0.1) is 11.1 Å². The number of nitrogens with one attached hydrogen (secondary N) is 2. The van der Waals surface area contributed by atoms with Crippen LogP contribution in [0.1, 0.15) is 32.1 Å². The number of halogens is 7. The fraction of sp³-hybridized carbons (Fsp3) is 0.0769. The molecule has 4 aromatic rings. The second-order valence-corrected chi connectivity index (χ2v) is 8.03. The molecule has 0 aliphatic rings. The number of alkyl halides is 6. The molecule has 0 aliphatic carbocycles. The Morgan fingerprint density at radius 1 is 0.667 bits per heavy atom. The molecule has 2 N–H and O–H groups in total. The number of amides is 2. The summed E-state index contributed by atoms with van der Waals surface area (Å²) in [5, 5.41) is 4.48. The Bertz CT molecular complexity index is 1520. The third kappa shape index (κ3) is 6.55. The van der Waals surface area contributed by atoms with Crippen molar-refractivity contribution >= 4 is 23.2 Å². The molecule has 0 saturated heterocycles. The monoisotopic (exact) mass is 548 g/mol. The zero-order chi connectivity index (χ0) is 28.4. The molecular weight excluding hydrogens is 533 g/mol. The Morgan fingerprint density at radius 3 is 1.79 bits per heavy atom. The molecule has 0 spiro atoms. The van der Waals surface area contributed by atoms with Crippen molar-refractivity contribution in [2.45, 2.75) is 12.4 Å². The Labute approximate surface area is 215 Å². The average Bonchev–Trinajstić information content (AvgIpc) is 2.88. The van der Waals surface area contributed by atoms with Crippen molar-refractivity contribution in [3.05, 3.63) is 107 Å². The van der Waals surface area contributed by atoms with E-state index in [4.69, 9.17) is 0 Å². The zero-order valence-corrected chi connectivity index (χ0v) is 19.4. The highest BCUT2D eigenvalue weighted by Gasteiger charge is 2.37. The van der Waals surface area contributed by atoms with Crippen molar-refractivity contribution in [3.63, 3.8) is 0 Å². The van der Waals surface area contributed by atoms with Crippen molar-refractivity contribution in [3.8, 4) is 11.1 Å². The van der Waals surface area contributed by atoms with Gasteiger partial charge in [-0.1, -0.05) is 18.2 Å². The van der Waals surface area contributed by atoms with E-state index in [-0.39, 0.29) is 23.0 Å². The minimum absolute atomic E-state index is 0.0729. The standard InChI is InChI=1S/C26H15F7N4O2/c27-22-19(6-3-9-34-22)14-4-1-5-17(10-14)35-23(38)20-7-2-8-21(37-20)24(39)36-18-12-15(25(28,29)30)11-16(13-18)26(31,32)33/h1-13H,(H,35,38)(H,36,39). The molecule has 0 saturated carbocycles. The number of carbonyl (C=O) groups excluding carboxylic acids is 2. The van der Waals surface area contributed by atoms with Gasteiger partial charge in [0.2, 0.25) is 5.95 Å². The van der Waals surface area contributed by atoms with Crippen molar-refractivity contribution in [1.82, 2.24) is 9.97 Å². The maximum absolute atomic E-state index is 14.0. The van der Waals surface area contributed by atoms with Crippen molar-refractivity contribution in [2.24, 2.45) is 0 Å². The zero-order valence-electron chi connectivity index (χ0n) is 19.4.